The van der Waals surface area contributed by atoms with Gasteiger partial charge in [0.05, 0.1) is 0 Å². The van der Waals surface area contributed by atoms with Crippen LogP contribution in [0.5, 0.6) is 5.75 Å². The largest absolute Gasteiger partial charge is 0.573 e. The van der Waals surface area contributed by atoms with E-state index in [2.05, 4.69) is 15.4 Å². The highest BCUT2D eigenvalue weighted by Gasteiger charge is 2.31. The monoisotopic (exact) mass is 306 g/mol. The van der Waals surface area contributed by atoms with Gasteiger partial charge in [-0.15, -0.1) is 13.2 Å². The summed E-state index contributed by atoms with van der Waals surface area (Å²) >= 11 is 0. The van der Waals surface area contributed by atoms with Crippen LogP contribution >= 0.6 is 0 Å². The molecule has 1 aromatic carbocycles. The summed E-state index contributed by atoms with van der Waals surface area (Å²) in [6.45, 7) is 1.53. The molecule has 2 amide bonds. The number of ether oxygens (including phenoxy) is 1. The summed E-state index contributed by atoms with van der Waals surface area (Å²) in [6, 6.07) is 4.80. The van der Waals surface area contributed by atoms with Crippen LogP contribution in [0.4, 0.5) is 18.0 Å². The average Bonchev–Trinajstić information content (AvgIpc) is 2.36. The number of nitrogens with one attached hydrogen (secondary N) is 2. The zero-order chi connectivity index (χ0) is 15.9. The van der Waals surface area contributed by atoms with Crippen molar-refractivity contribution < 1.29 is 27.8 Å². The first-order chi connectivity index (χ1) is 9.81. The molecular weight excluding hydrogens is 289 g/mol. The van der Waals surface area contributed by atoms with Crippen LogP contribution in [-0.4, -0.2) is 30.1 Å². The molecule has 3 N–H and O–H groups in total. The molecule has 0 aliphatic heterocycles. The van der Waals surface area contributed by atoms with Crippen molar-refractivity contribution in [2.75, 3.05) is 6.61 Å². The number of aliphatic hydroxyl groups excluding tert-OH is 1. The van der Waals surface area contributed by atoms with Gasteiger partial charge in [0, 0.05) is 24.8 Å². The number of rotatable bonds is 6. The minimum absolute atomic E-state index is 0.0658. The summed E-state index contributed by atoms with van der Waals surface area (Å²) in [5.41, 5.74) is 0.208. The smallest absolute Gasteiger partial charge is 0.405 e. The quantitative estimate of drug-likeness (QED) is 0.754. The third kappa shape index (κ3) is 6.84. The van der Waals surface area contributed by atoms with Gasteiger partial charge in [-0.05, 0) is 19.4 Å². The van der Waals surface area contributed by atoms with Gasteiger partial charge >= 0.3 is 12.4 Å². The van der Waals surface area contributed by atoms with Crippen LogP contribution in [-0.2, 0) is 6.54 Å². The molecule has 0 saturated carbocycles. The Hall–Kier alpha value is -1.96. The van der Waals surface area contributed by atoms with E-state index < -0.39 is 12.4 Å². The standard InChI is InChI=1S/C13H17F3N2O3/c1-9(6-7-19)18-12(20)17-8-10-4-2-3-5-11(10)21-13(14,15)16/h2-5,9,19H,6-8H2,1H3,(H2,17,18,20)/t9-/m1/s1. The molecule has 0 aliphatic carbocycles. The van der Waals surface area contributed by atoms with Crippen LogP contribution in [0.25, 0.3) is 0 Å². The number of halogens is 3. The molecule has 21 heavy (non-hydrogen) atoms. The lowest BCUT2D eigenvalue weighted by Gasteiger charge is -2.15. The summed E-state index contributed by atoms with van der Waals surface area (Å²) < 4.78 is 40.6. The van der Waals surface area contributed by atoms with Gasteiger partial charge in [-0.1, -0.05) is 18.2 Å². The van der Waals surface area contributed by atoms with E-state index in [0.717, 1.165) is 0 Å². The van der Waals surface area contributed by atoms with E-state index in [4.69, 9.17) is 5.11 Å². The molecule has 1 atom stereocenters. The minimum Gasteiger partial charge on any atom is -0.405 e. The fraction of sp³-hybridized carbons (Fsp3) is 0.462. The van der Waals surface area contributed by atoms with Gasteiger partial charge in [0.15, 0.2) is 0 Å². The average molecular weight is 306 g/mol. The molecule has 0 radical (unpaired) electrons. The van der Waals surface area contributed by atoms with Crippen molar-refractivity contribution in [2.24, 2.45) is 0 Å². The number of urea groups is 1. The number of alkyl halides is 3. The molecule has 8 heteroatoms. The van der Waals surface area contributed by atoms with Crippen LogP contribution in [0.2, 0.25) is 0 Å². The Morgan fingerprint density at radius 3 is 2.67 bits per heavy atom. The van der Waals surface area contributed by atoms with E-state index >= 15 is 0 Å². The SMILES string of the molecule is C[C@H](CCO)NC(=O)NCc1ccccc1OC(F)(F)F. The minimum atomic E-state index is -4.78. The number of aliphatic hydroxyl groups is 1. The fourth-order valence-electron chi connectivity index (χ4n) is 1.59. The summed E-state index contributed by atoms with van der Waals surface area (Å²) in [7, 11) is 0. The maximum atomic E-state index is 12.2. The first kappa shape index (κ1) is 17.1. The lowest BCUT2D eigenvalue weighted by Crippen LogP contribution is -2.40. The number of amides is 2. The van der Waals surface area contributed by atoms with Crippen molar-refractivity contribution in [3.05, 3.63) is 29.8 Å². The molecule has 0 fully saturated rings. The Morgan fingerprint density at radius 2 is 2.05 bits per heavy atom. The second kappa shape index (κ2) is 7.72. The van der Waals surface area contributed by atoms with Crippen molar-refractivity contribution in [3.63, 3.8) is 0 Å². The molecule has 5 nitrogen and oxygen atoms in total. The number of carbonyl (C=O) groups excluding carboxylic acids is 1. The molecular formula is C13H17F3N2O3. The second-order valence-corrected chi connectivity index (χ2v) is 4.40. The Bertz CT molecular complexity index is 466. The Kier molecular flexibility index (Phi) is 6.29. The lowest BCUT2D eigenvalue weighted by atomic mass is 10.2. The van der Waals surface area contributed by atoms with E-state index in [0.29, 0.717) is 6.42 Å². The van der Waals surface area contributed by atoms with Crippen LogP contribution in [0.1, 0.15) is 18.9 Å². The normalized spacial score (nSPS) is 12.6. The summed E-state index contributed by atoms with van der Waals surface area (Å²) in [6.07, 6.45) is -4.39. The number of benzene rings is 1. The maximum Gasteiger partial charge on any atom is 0.573 e. The van der Waals surface area contributed by atoms with Gasteiger partial charge in [-0.25, -0.2) is 4.79 Å². The zero-order valence-corrected chi connectivity index (χ0v) is 11.4. The summed E-state index contributed by atoms with van der Waals surface area (Å²) in [5, 5.41) is 13.7. The van der Waals surface area contributed by atoms with Gasteiger partial charge in [0.2, 0.25) is 0 Å². The van der Waals surface area contributed by atoms with Crippen molar-refractivity contribution >= 4 is 6.03 Å². The Balaban J connectivity index is 2.57. The second-order valence-electron chi connectivity index (χ2n) is 4.40. The molecule has 1 rings (SSSR count). The summed E-state index contributed by atoms with van der Waals surface area (Å²) in [5.74, 6) is -0.353. The lowest BCUT2D eigenvalue weighted by molar-refractivity contribution is -0.274. The zero-order valence-electron chi connectivity index (χ0n) is 11.4. The van der Waals surface area contributed by atoms with Gasteiger partial charge in [-0.3, -0.25) is 0 Å². The molecule has 0 unspecified atom stereocenters. The van der Waals surface area contributed by atoms with Crippen LogP contribution in [0.15, 0.2) is 24.3 Å². The van der Waals surface area contributed by atoms with E-state index in [9.17, 15) is 18.0 Å². The van der Waals surface area contributed by atoms with Crippen molar-refractivity contribution in [1.82, 2.24) is 10.6 Å². The number of carbonyl (C=O) groups is 1. The van der Waals surface area contributed by atoms with E-state index in [1.807, 2.05) is 0 Å². The highest BCUT2D eigenvalue weighted by Crippen LogP contribution is 2.25. The van der Waals surface area contributed by atoms with Crippen LogP contribution in [0, 0.1) is 0 Å². The van der Waals surface area contributed by atoms with Crippen LogP contribution < -0.4 is 15.4 Å². The van der Waals surface area contributed by atoms with Gasteiger partial charge in [0.1, 0.15) is 5.75 Å². The van der Waals surface area contributed by atoms with Gasteiger partial charge in [-0.2, -0.15) is 0 Å². The fourth-order valence-corrected chi connectivity index (χ4v) is 1.59. The number of hydrogen-bond acceptors (Lipinski definition) is 3. The Labute approximate surface area is 120 Å². The van der Waals surface area contributed by atoms with Crippen LogP contribution in [0.3, 0.4) is 0 Å². The topological polar surface area (TPSA) is 70.6 Å². The van der Waals surface area contributed by atoms with E-state index in [-0.39, 0.29) is 30.5 Å². The molecule has 0 spiro atoms. The van der Waals surface area contributed by atoms with Crippen molar-refractivity contribution in [2.45, 2.75) is 32.3 Å². The molecule has 0 saturated heterocycles. The highest BCUT2D eigenvalue weighted by atomic mass is 19.4. The van der Waals surface area contributed by atoms with Gasteiger partial charge < -0.3 is 20.5 Å². The third-order valence-electron chi connectivity index (χ3n) is 2.58. The number of hydrogen-bond donors (Lipinski definition) is 3. The number of para-hydroxylation sites is 1. The van der Waals surface area contributed by atoms with Crippen molar-refractivity contribution in [3.8, 4) is 5.75 Å². The first-order valence-electron chi connectivity index (χ1n) is 6.30. The molecule has 0 bridgehead atoms. The highest BCUT2D eigenvalue weighted by molar-refractivity contribution is 5.74. The molecule has 1 aromatic rings. The van der Waals surface area contributed by atoms with Crippen molar-refractivity contribution in [1.29, 1.82) is 0 Å². The maximum absolute atomic E-state index is 12.2. The molecule has 118 valence electrons. The first-order valence-corrected chi connectivity index (χ1v) is 6.30. The molecule has 0 heterocycles. The predicted molar refractivity (Wildman–Crippen MR) is 69.7 cm³/mol. The van der Waals surface area contributed by atoms with Gasteiger partial charge in [0.25, 0.3) is 0 Å². The molecule has 0 aromatic heterocycles. The van der Waals surface area contributed by atoms with E-state index in [1.165, 1.54) is 18.2 Å². The van der Waals surface area contributed by atoms with E-state index in [1.54, 1.807) is 13.0 Å². The third-order valence-corrected chi connectivity index (χ3v) is 2.58. The summed E-state index contributed by atoms with van der Waals surface area (Å²) in [4.78, 5) is 11.5. The Morgan fingerprint density at radius 1 is 1.38 bits per heavy atom. The predicted octanol–water partition coefficient (Wildman–Crippen LogP) is 2.16. The molecule has 0 aliphatic rings.